The zero-order chi connectivity index (χ0) is 28.9. The van der Waals surface area contributed by atoms with E-state index in [1.165, 1.54) is 12.1 Å². The SMILES string of the molecule is CCC(CC)C(=O)Nc1cc(C(=O)N[C@@H](C)c2ccc(F)cc2)cc(-c2cnc(-c3cc4ccccc4cn3)[nH]2)c1. The normalized spacial score (nSPS) is 11.9. The summed E-state index contributed by atoms with van der Waals surface area (Å²) in [6, 6.07) is 20.9. The van der Waals surface area contributed by atoms with Gasteiger partial charge < -0.3 is 15.6 Å². The van der Waals surface area contributed by atoms with Crippen molar-refractivity contribution in [2.45, 2.75) is 39.7 Å². The third kappa shape index (κ3) is 6.32. The Kier molecular flexibility index (Phi) is 8.19. The summed E-state index contributed by atoms with van der Waals surface area (Å²) in [5.74, 6) is -0.294. The molecule has 5 aromatic rings. The van der Waals surface area contributed by atoms with Crippen LogP contribution in [0.1, 0.15) is 55.6 Å². The zero-order valence-electron chi connectivity index (χ0n) is 23.2. The van der Waals surface area contributed by atoms with Crippen molar-refractivity contribution >= 4 is 28.3 Å². The number of imidazole rings is 1. The van der Waals surface area contributed by atoms with Crippen molar-refractivity contribution in [3.8, 4) is 22.8 Å². The Morgan fingerprint density at radius 3 is 2.37 bits per heavy atom. The number of pyridine rings is 1. The lowest BCUT2D eigenvalue weighted by molar-refractivity contribution is -0.120. The van der Waals surface area contributed by atoms with Crippen molar-refractivity contribution < 1.29 is 14.0 Å². The quantitative estimate of drug-likeness (QED) is 0.180. The Morgan fingerprint density at radius 2 is 1.63 bits per heavy atom. The van der Waals surface area contributed by atoms with Crippen LogP contribution < -0.4 is 10.6 Å². The molecular weight excluding hydrogens is 517 g/mol. The smallest absolute Gasteiger partial charge is 0.251 e. The maximum atomic E-state index is 13.4. The summed E-state index contributed by atoms with van der Waals surface area (Å²) in [4.78, 5) is 38.7. The van der Waals surface area contributed by atoms with Gasteiger partial charge in [-0.3, -0.25) is 14.6 Å². The largest absolute Gasteiger partial charge is 0.346 e. The topological polar surface area (TPSA) is 99.8 Å². The van der Waals surface area contributed by atoms with E-state index in [-0.39, 0.29) is 29.6 Å². The van der Waals surface area contributed by atoms with Crippen LogP contribution in [-0.2, 0) is 4.79 Å². The van der Waals surface area contributed by atoms with Crippen LogP contribution in [0.25, 0.3) is 33.5 Å². The van der Waals surface area contributed by atoms with Crippen LogP contribution >= 0.6 is 0 Å². The molecule has 0 radical (unpaired) electrons. The van der Waals surface area contributed by atoms with Gasteiger partial charge in [-0.15, -0.1) is 0 Å². The van der Waals surface area contributed by atoms with E-state index >= 15 is 0 Å². The fourth-order valence-electron chi connectivity index (χ4n) is 4.82. The first-order valence-corrected chi connectivity index (χ1v) is 13.8. The highest BCUT2D eigenvalue weighted by molar-refractivity contribution is 5.99. The molecule has 0 fully saturated rings. The number of nitrogens with one attached hydrogen (secondary N) is 3. The van der Waals surface area contributed by atoms with Gasteiger partial charge in [0, 0.05) is 34.3 Å². The monoisotopic (exact) mass is 549 g/mol. The summed E-state index contributed by atoms with van der Waals surface area (Å²) >= 11 is 0. The minimum atomic E-state index is -0.355. The van der Waals surface area contributed by atoms with Gasteiger partial charge >= 0.3 is 0 Å². The third-order valence-corrected chi connectivity index (χ3v) is 7.30. The Bertz CT molecular complexity index is 1690. The number of aromatic amines is 1. The molecule has 2 heterocycles. The van der Waals surface area contributed by atoms with Gasteiger partial charge in [0.15, 0.2) is 5.82 Å². The second kappa shape index (κ2) is 12.1. The van der Waals surface area contributed by atoms with E-state index in [1.54, 1.807) is 30.5 Å². The number of nitrogens with zero attached hydrogens (tertiary/aromatic N) is 2. The average molecular weight is 550 g/mol. The Hall–Kier alpha value is -4.85. The van der Waals surface area contributed by atoms with Crippen LogP contribution in [0.15, 0.2) is 85.2 Å². The number of anilines is 1. The molecule has 7 nitrogen and oxygen atoms in total. The van der Waals surface area contributed by atoms with Gasteiger partial charge in [0.25, 0.3) is 5.91 Å². The Labute approximate surface area is 238 Å². The number of hydrogen-bond acceptors (Lipinski definition) is 4. The first-order chi connectivity index (χ1) is 19.8. The molecule has 0 spiro atoms. The van der Waals surface area contributed by atoms with Crippen molar-refractivity contribution in [3.05, 3.63) is 102 Å². The van der Waals surface area contributed by atoms with Gasteiger partial charge in [-0.25, -0.2) is 9.37 Å². The minimum Gasteiger partial charge on any atom is -0.346 e. The Morgan fingerprint density at radius 1 is 0.902 bits per heavy atom. The van der Waals surface area contributed by atoms with Gasteiger partial charge in [-0.1, -0.05) is 50.2 Å². The molecule has 3 N–H and O–H groups in total. The molecule has 0 aliphatic heterocycles. The summed E-state index contributed by atoms with van der Waals surface area (Å²) in [6.45, 7) is 5.79. The van der Waals surface area contributed by atoms with Crippen LogP contribution in [0, 0.1) is 11.7 Å². The predicted molar refractivity (Wildman–Crippen MR) is 160 cm³/mol. The van der Waals surface area contributed by atoms with E-state index in [2.05, 4.69) is 25.6 Å². The maximum absolute atomic E-state index is 13.4. The number of halogens is 1. The lowest BCUT2D eigenvalue weighted by Crippen LogP contribution is -2.27. The fourth-order valence-corrected chi connectivity index (χ4v) is 4.82. The molecule has 1 atom stereocenters. The van der Waals surface area contributed by atoms with Crippen molar-refractivity contribution in [2.75, 3.05) is 5.32 Å². The summed E-state index contributed by atoms with van der Waals surface area (Å²) in [6.07, 6.45) is 4.93. The molecule has 0 aliphatic rings. The van der Waals surface area contributed by atoms with Gasteiger partial charge in [0.2, 0.25) is 5.91 Å². The number of hydrogen-bond donors (Lipinski definition) is 3. The van der Waals surface area contributed by atoms with Crippen LogP contribution in [0.4, 0.5) is 10.1 Å². The molecule has 2 amide bonds. The van der Waals surface area contributed by atoms with Crippen molar-refractivity contribution in [1.29, 1.82) is 0 Å². The Balaban J connectivity index is 1.47. The number of fused-ring (bicyclic) bond motifs is 1. The van der Waals surface area contributed by atoms with E-state index < -0.39 is 0 Å². The molecule has 208 valence electrons. The number of H-pyrrole nitrogens is 1. The average Bonchev–Trinajstić information content (AvgIpc) is 3.48. The van der Waals surface area contributed by atoms with E-state index in [0.717, 1.165) is 16.3 Å². The maximum Gasteiger partial charge on any atom is 0.251 e. The second-order valence-corrected chi connectivity index (χ2v) is 10.1. The first kappa shape index (κ1) is 27.7. The number of rotatable bonds is 9. The first-order valence-electron chi connectivity index (χ1n) is 13.8. The lowest BCUT2D eigenvalue weighted by Gasteiger charge is -2.17. The molecule has 0 aliphatic carbocycles. The van der Waals surface area contributed by atoms with Crippen molar-refractivity contribution in [2.24, 2.45) is 5.92 Å². The number of benzene rings is 3. The summed E-state index contributed by atoms with van der Waals surface area (Å²) in [5.41, 5.74) is 3.72. The molecule has 3 aromatic carbocycles. The number of amides is 2. The van der Waals surface area contributed by atoms with Gasteiger partial charge in [0.1, 0.15) is 11.5 Å². The van der Waals surface area contributed by atoms with Crippen molar-refractivity contribution in [3.63, 3.8) is 0 Å². The van der Waals surface area contributed by atoms with Gasteiger partial charge in [-0.2, -0.15) is 0 Å². The molecule has 8 heteroatoms. The van der Waals surface area contributed by atoms with E-state index in [9.17, 15) is 14.0 Å². The van der Waals surface area contributed by atoms with Gasteiger partial charge in [-0.05, 0) is 67.1 Å². The third-order valence-electron chi connectivity index (χ3n) is 7.30. The highest BCUT2D eigenvalue weighted by atomic mass is 19.1. The fraction of sp³-hybridized carbons (Fsp3) is 0.212. The minimum absolute atomic E-state index is 0.0937. The van der Waals surface area contributed by atoms with Crippen LogP contribution in [0.5, 0.6) is 0 Å². The molecule has 0 unspecified atom stereocenters. The van der Waals surface area contributed by atoms with E-state index in [0.29, 0.717) is 46.9 Å². The molecule has 0 saturated carbocycles. The van der Waals surface area contributed by atoms with Crippen LogP contribution in [0.2, 0.25) is 0 Å². The second-order valence-electron chi connectivity index (χ2n) is 10.1. The summed E-state index contributed by atoms with van der Waals surface area (Å²) < 4.78 is 13.4. The molecule has 41 heavy (non-hydrogen) atoms. The van der Waals surface area contributed by atoms with E-state index in [1.807, 2.05) is 63.4 Å². The summed E-state index contributed by atoms with van der Waals surface area (Å²) in [5, 5.41) is 8.05. The van der Waals surface area contributed by atoms with Crippen LogP contribution in [0.3, 0.4) is 0 Å². The highest BCUT2D eigenvalue weighted by Crippen LogP contribution is 2.28. The molecular formula is C33H32FN5O2. The number of aromatic nitrogens is 3. The zero-order valence-corrected chi connectivity index (χ0v) is 23.2. The lowest BCUT2D eigenvalue weighted by atomic mass is 10.0. The molecule has 0 saturated heterocycles. The van der Waals surface area contributed by atoms with Crippen LogP contribution in [-0.4, -0.2) is 26.8 Å². The number of carbonyl (C=O) groups is 2. The van der Waals surface area contributed by atoms with E-state index in [4.69, 9.17) is 0 Å². The summed E-state index contributed by atoms with van der Waals surface area (Å²) in [7, 11) is 0. The molecule has 5 rings (SSSR count). The van der Waals surface area contributed by atoms with Gasteiger partial charge in [0.05, 0.1) is 17.9 Å². The van der Waals surface area contributed by atoms with Crippen molar-refractivity contribution in [1.82, 2.24) is 20.3 Å². The predicted octanol–water partition coefficient (Wildman–Crippen LogP) is 7.30. The molecule has 2 aromatic heterocycles. The molecule has 0 bridgehead atoms. The highest BCUT2D eigenvalue weighted by Gasteiger charge is 2.18. The standard InChI is InChI=1S/C33H32FN5O2/c1-4-21(5-2)32(40)38-28-15-25(14-26(16-28)33(41)37-20(3)22-10-12-27(34)13-11-22)30-19-36-31(39-30)29-17-23-8-6-7-9-24(23)18-35-29/h6-21H,4-5H2,1-3H3,(H,36,39)(H,37,41)(H,38,40)/t20-/m0/s1. The number of carbonyl (C=O) groups excluding carboxylic acids is 2.